The first-order valence-corrected chi connectivity index (χ1v) is 15.2. The van der Waals surface area contributed by atoms with Crippen LogP contribution in [0.5, 0.6) is 0 Å². The Labute approximate surface area is 268 Å². The minimum atomic E-state index is -1.32. The highest BCUT2D eigenvalue weighted by Gasteiger charge is 2.41. The van der Waals surface area contributed by atoms with Gasteiger partial charge in [-0.3, -0.25) is 33.8 Å². The lowest BCUT2D eigenvalue weighted by Gasteiger charge is -2.19. The Morgan fingerprint density at radius 1 is 0.783 bits per heavy atom. The van der Waals surface area contributed by atoms with Crippen molar-refractivity contribution in [1.29, 1.82) is 0 Å². The van der Waals surface area contributed by atoms with E-state index >= 15 is 0 Å². The molecule has 0 aromatic heterocycles. The Hall–Kier alpha value is -3.42. The molecule has 6 amide bonds. The molecule has 0 radical (unpaired) electrons. The highest BCUT2D eigenvalue weighted by molar-refractivity contribution is 6.04. The minimum Gasteiger partial charge on any atom is -0.394 e. The number of likely N-dealkylation sites (tertiary alicyclic amines) is 1. The number of amides is 6. The first-order chi connectivity index (χ1) is 22.0. The largest absolute Gasteiger partial charge is 0.438 e. The van der Waals surface area contributed by atoms with Crippen LogP contribution in [0.4, 0.5) is 4.79 Å². The number of methoxy groups -OCH3 is 1. The monoisotopic (exact) mass is 663 g/mol. The highest BCUT2D eigenvalue weighted by Crippen LogP contribution is 2.25. The molecule has 1 rings (SSSR count). The third-order valence-corrected chi connectivity index (χ3v) is 6.79. The number of hydrogen-bond donors (Lipinski definition) is 5. The quantitative estimate of drug-likeness (QED) is 0.0248. The van der Waals surface area contributed by atoms with E-state index in [0.717, 1.165) is 4.90 Å². The van der Waals surface area contributed by atoms with Crippen LogP contribution < -0.4 is 21.3 Å². The molecule has 1 aliphatic rings. The van der Waals surface area contributed by atoms with E-state index in [1.807, 2.05) is 0 Å². The SMILES string of the molecule is CCC(CO)OC(OC)OOC(=O)NCCC(=O)NCCNC(=O)CCOCCOCCNC(=O)CCN1C(=O)C(C)C(C)C1=O. The van der Waals surface area contributed by atoms with Crippen molar-refractivity contribution in [3.05, 3.63) is 0 Å². The molecule has 0 aromatic rings. The maximum atomic E-state index is 12.1. The van der Waals surface area contributed by atoms with Gasteiger partial charge in [-0.2, -0.15) is 0 Å². The van der Waals surface area contributed by atoms with Crippen LogP contribution in [0.3, 0.4) is 0 Å². The summed E-state index contributed by atoms with van der Waals surface area (Å²) in [6, 6.07) is 0. The van der Waals surface area contributed by atoms with Crippen LogP contribution in [0.15, 0.2) is 0 Å². The predicted molar refractivity (Wildman–Crippen MR) is 158 cm³/mol. The van der Waals surface area contributed by atoms with Crippen molar-refractivity contribution in [2.45, 2.75) is 59.0 Å². The predicted octanol–water partition coefficient (Wildman–Crippen LogP) is -1.45. The lowest BCUT2D eigenvalue weighted by atomic mass is 10.00. The van der Waals surface area contributed by atoms with Crippen LogP contribution in [0, 0.1) is 11.8 Å². The summed E-state index contributed by atoms with van der Waals surface area (Å²) in [6.45, 7) is 5.23. The molecule has 1 aliphatic heterocycles. The molecule has 18 heteroatoms. The molecular weight excluding hydrogens is 614 g/mol. The van der Waals surface area contributed by atoms with Gasteiger partial charge in [-0.05, 0) is 6.42 Å². The van der Waals surface area contributed by atoms with Gasteiger partial charge >= 0.3 is 12.6 Å². The van der Waals surface area contributed by atoms with Crippen molar-refractivity contribution in [3.8, 4) is 0 Å². The zero-order chi connectivity index (χ0) is 34.3. The summed E-state index contributed by atoms with van der Waals surface area (Å²) in [6.07, 6.45) is -0.928. The second kappa shape index (κ2) is 23.9. The smallest absolute Gasteiger partial charge is 0.394 e. The number of imide groups is 1. The van der Waals surface area contributed by atoms with Crippen LogP contribution in [0.2, 0.25) is 0 Å². The first-order valence-electron chi connectivity index (χ1n) is 15.2. The van der Waals surface area contributed by atoms with Crippen LogP contribution in [0.25, 0.3) is 0 Å². The van der Waals surface area contributed by atoms with Crippen LogP contribution in [-0.2, 0) is 52.7 Å². The maximum absolute atomic E-state index is 12.1. The van der Waals surface area contributed by atoms with Crippen molar-refractivity contribution < 1.29 is 62.6 Å². The summed E-state index contributed by atoms with van der Waals surface area (Å²) >= 11 is 0. The van der Waals surface area contributed by atoms with Gasteiger partial charge in [-0.25, -0.2) is 4.79 Å². The van der Waals surface area contributed by atoms with Gasteiger partial charge < -0.3 is 45.3 Å². The van der Waals surface area contributed by atoms with Gasteiger partial charge in [0.25, 0.3) is 0 Å². The summed E-state index contributed by atoms with van der Waals surface area (Å²) in [5, 5.41) is 19.3. The number of nitrogens with one attached hydrogen (secondary N) is 4. The fraction of sp³-hybridized carbons (Fsp3) is 0.786. The molecule has 264 valence electrons. The van der Waals surface area contributed by atoms with Crippen LogP contribution >= 0.6 is 0 Å². The normalized spacial score (nSPS) is 17.4. The third kappa shape index (κ3) is 16.8. The van der Waals surface area contributed by atoms with E-state index in [0.29, 0.717) is 6.42 Å². The molecule has 18 nitrogen and oxygen atoms in total. The Kier molecular flexibility index (Phi) is 21.1. The van der Waals surface area contributed by atoms with Gasteiger partial charge in [-0.15, -0.1) is 4.89 Å². The second-order valence-corrected chi connectivity index (χ2v) is 10.2. The molecule has 5 N–H and O–H groups in total. The molecule has 1 saturated heterocycles. The first kappa shape index (κ1) is 40.6. The number of rotatable bonds is 25. The number of nitrogens with zero attached hydrogens (tertiary/aromatic N) is 1. The Bertz CT molecular complexity index is 946. The third-order valence-electron chi connectivity index (χ3n) is 6.79. The van der Waals surface area contributed by atoms with E-state index in [4.69, 9.17) is 28.9 Å². The van der Waals surface area contributed by atoms with Crippen LogP contribution in [-0.4, -0.2) is 131 Å². The number of carbonyl (C=O) groups is 6. The fourth-order valence-electron chi connectivity index (χ4n) is 3.81. The van der Waals surface area contributed by atoms with Crippen LogP contribution in [0.1, 0.15) is 46.5 Å². The molecule has 0 saturated carbocycles. The number of ether oxygens (including phenoxy) is 4. The van der Waals surface area contributed by atoms with E-state index in [-0.39, 0.29) is 126 Å². The molecule has 1 fully saturated rings. The number of carbonyl (C=O) groups excluding carboxylic acids is 6. The highest BCUT2D eigenvalue weighted by atomic mass is 17.3. The second-order valence-electron chi connectivity index (χ2n) is 10.2. The lowest BCUT2D eigenvalue weighted by Crippen LogP contribution is -2.37. The number of hydrogen-bond acceptors (Lipinski definition) is 13. The van der Waals surface area contributed by atoms with Crippen molar-refractivity contribution >= 4 is 35.6 Å². The standard InChI is InChI=1S/C28H49N5O13/c1-5-21(18-34)44-28(41-4)46-45-27(40)32-9-6-22(35)29-10-11-30-24(37)8-14-42-16-17-43-15-12-31-23(36)7-13-33-25(38)19(2)20(3)26(33)39/h19-21,28,34H,5-18H2,1-4H3,(H,29,35)(H,30,37)(H,31,36)(H,32,40). The Morgan fingerprint density at radius 3 is 1.93 bits per heavy atom. The molecule has 0 spiro atoms. The Morgan fingerprint density at radius 2 is 1.35 bits per heavy atom. The minimum absolute atomic E-state index is 0.0288. The van der Waals surface area contributed by atoms with Gasteiger partial charge in [-0.1, -0.05) is 20.8 Å². The molecule has 4 atom stereocenters. The molecule has 4 unspecified atom stereocenters. The van der Waals surface area contributed by atoms with Crippen molar-refractivity contribution in [2.75, 3.05) is 72.9 Å². The van der Waals surface area contributed by atoms with Crippen molar-refractivity contribution in [2.24, 2.45) is 11.8 Å². The van der Waals surface area contributed by atoms with Gasteiger partial charge in [0.1, 0.15) is 0 Å². The zero-order valence-electron chi connectivity index (χ0n) is 27.0. The molecule has 0 aliphatic carbocycles. The summed E-state index contributed by atoms with van der Waals surface area (Å²) in [5.41, 5.74) is 0. The summed E-state index contributed by atoms with van der Waals surface area (Å²) in [7, 11) is 1.26. The molecule has 46 heavy (non-hydrogen) atoms. The Balaban J connectivity index is 1.95. The van der Waals surface area contributed by atoms with Gasteiger partial charge in [0.15, 0.2) is 0 Å². The maximum Gasteiger partial charge on any atom is 0.438 e. The van der Waals surface area contributed by atoms with Gasteiger partial charge in [0, 0.05) is 70.9 Å². The molecule has 0 aromatic carbocycles. The van der Waals surface area contributed by atoms with Gasteiger partial charge in [0.2, 0.25) is 29.5 Å². The number of aliphatic hydroxyl groups excluding tert-OH is 1. The van der Waals surface area contributed by atoms with Crippen molar-refractivity contribution in [1.82, 2.24) is 26.2 Å². The van der Waals surface area contributed by atoms with E-state index in [9.17, 15) is 28.8 Å². The summed E-state index contributed by atoms with van der Waals surface area (Å²) in [5.74, 6) is -2.13. The van der Waals surface area contributed by atoms with E-state index in [1.165, 1.54) is 7.11 Å². The summed E-state index contributed by atoms with van der Waals surface area (Å²) in [4.78, 5) is 81.8. The molecule has 1 heterocycles. The van der Waals surface area contributed by atoms with Gasteiger partial charge in [0.05, 0.1) is 39.1 Å². The van der Waals surface area contributed by atoms with E-state index in [1.54, 1.807) is 20.8 Å². The average Bonchev–Trinajstić information content (AvgIpc) is 3.22. The zero-order valence-corrected chi connectivity index (χ0v) is 27.0. The van der Waals surface area contributed by atoms with E-state index < -0.39 is 18.7 Å². The fourth-order valence-corrected chi connectivity index (χ4v) is 3.81. The van der Waals surface area contributed by atoms with E-state index in [2.05, 4.69) is 26.2 Å². The molecular formula is C28H49N5O13. The number of aliphatic hydroxyl groups is 1. The topological polar surface area (TPSA) is 229 Å². The van der Waals surface area contributed by atoms with Crippen molar-refractivity contribution in [3.63, 3.8) is 0 Å². The molecule has 0 bridgehead atoms. The average molecular weight is 664 g/mol. The summed E-state index contributed by atoms with van der Waals surface area (Å²) < 4.78 is 20.8. The lowest BCUT2D eigenvalue weighted by molar-refractivity contribution is -0.420.